The van der Waals surface area contributed by atoms with Gasteiger partial charge in [-0.05, 0) is 56.5 Å². The van der Waals surface area contributed by atoms with Crippen LogP contribution in [0.3, 0.4) is 0 Å². The summed E-state index contributed by atoms with van der Waals surface area (Å²) in [6, 6.07) is 18.1. The van der Waals surface area contributed by atoms with Crippen molar-refractivity contribution < 1.29 is 13.2 Å². The molecule has 0 saturated carbocycles. The molecule has 3 aromatic rings. The van der Waals surface area contributed by atoms with E-state index in [0.29, 0.717) is 17.7 Å². The zero-order chi connectivity index (χ0) is 21.9. The average molecular weight is 423 g/mol. The Kier molecular flexibility index (Phi) is 6.27. The summed E-state index contributed by atoms with van der Waals surface area (Å²) in [5.74, 6) is -0.341. The van der Waals surface area contributed by atoms with E-state index in [4.69, 9.17) is 0 Å². The van der Waals surface area contributed by atoms with E-state index < -0.39 is 10.0 Å². The zero-order valence-corrected chi connectivity index (χ0v) is 18.4. The fourth-order valence-electron chi connectivity index (χ4n) is 3.54. The van der Waals surface area contributed by atoms with Gasteiger partial charge in [-0.3, -0.25) is 9.52 Å². The van der Waals surface area contributed by atoms with E-state index in [1.54, 1.807) is 38.1 Å². The van der Waals surface area contributed by atoms with E-state index >= 15 is 0 Å². The largest absolute Gasteiger partial charge is 0.348 e. The van der Waals surface area contributed by atoms with Gasteiger partial charge in [-0.1, -0.05) is 59.7 Å². The third-order valence-corrected chi connectivity index (χ3v) is 6.53. The van der Waals surface area contributed by atoms with E-state index in [2.05, 4.69) is 10.0 Å². The number of hydrogen-bond donors (Lipinski definition) is 2. The van der Waals surface area contributed by atoms with E-state index in [1.165, 1.54) is 0 Å². The predicted octanol–water partition coefficient (Wildman–Crippen LogP) is 4.65. The molecule has 0 spiro atoms. The molecule has 6 heteroatoms. The van der Waals surface area contributed by atoms with Crippen LogP contribution in [0.25, 0.3) is 0 Å². The third kappa shape index (κ3) is 4.89. The van der Waals surface area contributed by atoms with E-state index in [-0.39, 0.29) is 22.1 Å². The summed E-state index contributed by atoms with van der Waals surface area (Å²) in [5.41, 5.74) is 4.97. The minimum Gasteiger partial charge on any atom is -0.348 e. The summed E-state index contributed by atoms with van der Waals surface area (Å²) in [7, 11) is -3.85. The first-order valence-electron chi connectivity index (χ1n) is 9.71. The predicted molar refractivity (Wildman–Crippen MR) is 120 cm³/mol. The SMILES string of the molecule is Cc1ccc(CNC(=O)c2ccccc2NS(=O)(=O)c2c(C)cc(C)cc2C)cc1. The molecule has 0 aliphatic carbocycles. The van der Waals surface area contributed by atoms with Crippen LogP contribution in [-0.2, 0) is 16.6 Å². The second-order valence-corrected chi connectivity index (χ2v) is 9.17. The minimum atomic E-state index is -3.85. The molecule has 0 fully saturated rings. The summed E-state index contributed by atoms with van der Waals surface area (Å²) in [5, 5.41) is 2.86. The van der Waals surface area contributed by atoms with Gasteiger partial charge in [0.2, 0.25) is 0 Å². The lowest BCUT2D eigenvalue weighted by Gasteiger charge is -2.16. The Hall–Kier alpha value is -3.12. The van der Waals surface area contributed by atoms with Crippen LogP contribution in [0.1, 0.15) is 38.2 Å². The molecule has 156 valence electrons. The van der Waals surface area contributed by atoms with Crippen LogP contribution in [-0.4, -0.2) is 14.3 Å². The number of amides is 1. The van der Waals surface area contributed by atoms with Crippen molar-refractivity contribution in [2.75, 3.05) is 4.72 Å². The van der Waals surface area contributed by atoms with Gasteiger partial charge in [0.15, 0.2) is 0 Å². The molecule has 0 aromatic heterocycles. The number of rotatable bonds is 6. The molecule has 3 aromatic carbocycles. The maximum absolute atomic E-state index is 13.1. The van der Waals surface area contributed by atoms with Gasteiger partial charge in [0, 0.05) is 6.54 Å². The van der Waals surface area contributed by atoms with Crippen LogP contribution in [0.4, 0.5) is 5.69 Å². The zero-order valence-electron chi connectivity index (χ0n) is 17.6. The van der Waals surface area contributed by atoms with Crippen molar-refractivity contribution in [3.8, 4) is 0 Å². The topological polar surface area (TPSA) is 75.3 Å². The smallest absolute Gasteiger partial charge is 0.262 e. The number of benzene rings is 3. The Bertz CT molecular complexity index is 1160. The lowest BCUT2D eigenvalue weighted by Crippen LogP contribution is -2.25. The van der Waals surface area contributed by atoms with Crippen molar-refractivity contribution in [1.82, 2.24) is 5.32 Å². The highest BCUT2D eigenvalue weighted by molar-refractivity contribution is 7.92. The van der Waals surface area contributed by atoms with E-state index in [1.807, 2.05) is 50.2 Å². The van der Waals surface area contributed by atoms with Crippen LogP contribution >= 0.6 is 0 Å². The van der Waals surface area contributed by atoms with Crippen LogP contribution in [0.2, 0.25) is 0 Å². The summed E-state index contributed by atoms with van der Waals surface area (Å²) < 4.78 is 28.8. The summed E-state index contributed by atoms with van der Waals surface area (Å²) in [6.45, 7) is 7.83. The standard InChI is InChI=1S/C24H26N2O3S/c1-16-9-11-20(12-10-16)15-25-24(27)21-7-5-6-8-22(21)26-30(28,29)23-18(3)13-17(2)14-19(23)4/h5-14,26H,15H2,1-4H3,(H,25,27). The van der Waals surface area contributed by atoms with Crippen molar-refractivity contribution in [3.63, 3.8) is 0 Å². The average Bonchev–Trinajstić information content (AvgIpc) is 2.66. The molecular formula is C24H26N2O3S. The second kappa shape index (κ2) is 8.71. The molecule has 0 aliphatic heterocycles. The molecule has 0 unspecified atom stereocenters. The van der Waals surface area contributed by atoms with Crippen LogP contribution in [0, 0.1) is 27.7 Å². The monoisotopic (exact) mass is 422 g/mol. The Morgan fingerprint density at radius 3 is 2.07 bits per heavy atom. The van der Waals surface area contributed by atoms with Crippen LogP contribution in [0.15, 0.2) is 65.6 Å². The molecule has 0 radical (unpaired) electrons. The number of carbonyl (C=O) groups is 1. The van der Waals surface area contributed by atoms with Crippen molar-refractivity contribution in [2.24, 2.45) is 0 Å². The minimum absolute atomic E-state index is 0.239. The van der Waals surface area contributed by atoms with Gasteiger partial charge in [0.1, 0.15) is 0 Å². The normalized spacial score (nSPS) is 11.2. The summed E-state index contributed by atoms with van der Waals surface area (Å²) in [6.07, 6.45) is 0. The van der Waals surface area contributed by atoms with Gasteiger partial charge in [-0.25, -0.2) is 8.42 Å². The highest BCUT2D eigenvalue weighted by Gasteiger charge is 2.22. The molecule has 2 N–H and O–H groups in total. The number of carbonyl (C=O) groups excluding carboxylic acids is 1. The number of sulfonamides is 1. The van der Waals surface area contributed by atoms with Crippen molar-refractivity contribution in [1.29, 1.82) is 0 Å². The molecule has 30 heavy (non-hydrogen) atoms. The van der Waals surface area contributed by atoms with Gasteiger partial charge < -0.3 is 5.32 Å². The molecule has 0 saturated heterocycles. The molecule has 0 heterocycles. The molecule has 0 bridgehead atoms. The van der Waals surface area contributed by atoms with Crippen molar-refractivity contribution in [2.45, 2.75) is 39.1 Å². The van der Waals surface area contributed by atoms with Gasteiger partial charge in [-0.15, -0.1) is 0 Å². The number of anilines is 1. The summed E-state index contributed by atoms with van der Waals surface area (Å²) in [4.78, 5) is 13.0. The number of hydrogen-bond acceptors (Lipinski definition) is 3. The highest BCUT2D eigenvalue weighted by atomic mass is 32.2. The van der Waals surface area contributed by atoms with Crippen LogP contribution < -0.4 is 10.0 Å². The number of para-hydroxylation sites is 1. The van der Waals surface area contributed by atoms with E-state index in [0.717, 1.165) is 16.7 Å². The van der Waals surface area contributed by atoms with Crippen molar-refractivity contribution in [3.05, 3.63) is 94.0 Å². The molecule has 0 aliphatic rings. The fourth-order valence-corrected chi connectivity index (χ4v) is 5.08. The number of aryl methyl sites for hydroxylation is 4. The molecule has 0 atom stereocenters. The Balaban J connectivity index is 1.84. The quantitative estimate of drug-likeness (QED) is 0.607. The maximum Gasteiger partial charge on any atom is 0.262 e. The highest BCUT2D eigenvalue weighted by Crippen LogP contribution is 2.26. The van der Waals surface area contributed by atoms with Crippen LogP contribution in [0.5, 0.6) is 0 Å². The Morgan fingerprint density at radius 1 is 0.833 bits per heavy atom. The van der Waals surface area contributed by atoms with Crippen molar-refractivity contribution >= 4 is 21.6 Å². The first-order valence-corrected chi connectivity index (χ1v) is 11.2. The third-order valence-electron chi connectivity index (χ3n) is 4.86. The second-order valence-electron chi connectivity index (χ2n) is 7.55. The summed E-state index contributed by atoms with van der Waals surface area (Å²) >= 11 is 0. The Morgan fingerprint density at radius 2 is 1.43 bits per heavy atom. The molecule has 1 amide bonds. The van der Waals surface area contributed by atoms with Gasteiger partial charge in [-0.2, -0.15) is 0 Å². The van der Waals surface area contributed by atoms with E-state index in [9.17, 15) is 13.2 Å². The maximum atomic E-state index is 13.1. The van der Waals surface area contributed by atoms with Gasteiger partial charge in [0.05, 0.1) is 16.1 Å². The first-order chi connectivity index (χ1) is 14.2. The molecule has 5 nitrogen and oxygen atoms in total. The number of nitrogens with one attached hydrogen (secondary N) is 2. The Labute approximate surface area is 178 Å². The fraction of sp³-hybridized carbons (Fsp3) is 0.208. The lowest BCUT2D eigenvalue weighted by atomic mass is 10.1. The first kappa shape index (κ1) is 21.6. The van der Waals surface area contributed by atoms with Gasteiger partial charge >= 0.3 is 0 Å². The lowest BCUT2D eigenvalue weighted by molar-refractivity contribution is 0.0952. The molecule has 3 rings (SSSR count). The molecular weight excluding hydrogens is 396 g/mol. The van der Waals surface area contributed by atoms with Gasteiger partial charge in [0.25, 0.3) is 15.9 Å².